The highest BCUT2D eigenvalue weighted by atomic mass is 16.5. The van der Waals surface area contributed by atoms with Crippen molar-refractivity contribution in [3.05, 3.63) is 64.7 Å². The molecule has 0 saturated heterocycles. The summed E-state index contributed by atoms with van der Waals surface area (Å²) in [6.07, 6.45) is 1.83. The summed E-state index contributed by atoms with van der Waals surface area (Å²) in [6, 6.07) is 13.6. The molecule has 108 valence electrons. The van der Waals surface area contributed by atoms with Crippen LogP contribution in [-0.4, -0.2) is 11.4 Å². The number of rotatable bonds is 3. The van der Waals surface area contributed by atoms with Crippen molar-refractivity contribution in [2.75, 3.05) is 0 Å². The molecule has 0 aromatic heterocycles. The van der Waals surface area contributed by atoms with Crippen molar-refractivity contribution in [2.45, 2.75) is 39.2 Å². The van der Waals surface area contributed by atoms with Gasteiger partial charge in [0.2, 0.25) is 0 Å². The highest BCUT2D eigenvalue weighted by Gasteiger charge is 2.30. The second-order valence-corrected chi connectivity index (χ2v) is 6.24. The van der Waals surface area contributed by atoms with Crippen molar-refractivity contribution in [1.29, 1.82) is 0 Å². The second-order valence-electron chi connectivity index (χ2n) is 6.24. The Labute approximate surface area is 125 Å². The molecule has 0 saturated carbocycles. The monoisotopic (exact) mass is 280 g/mol. The average Bonchev–Trinajstić information content (AvgIpc) is 2.79. The number of hydrogen-bond acceptors (Lipinski definition) is 2. The largest absolute Gasteiger partial charge is 0.487 e. The molecule has 2 heteroatoms. The van der Waals surface area contributed by atoms with E-state index in [9.17, 15) is 4.79 Å². The summed E-state index contributed by atoms with van der Waals surface area (Å²) in [4.78, 5) is 12.6. The van der Waals surface area contributed by atoms with Crippen molar-refractivity contribution in [3.8, 4) is 5.75 Å². The van der Waals surface area contributed by atoms with Crippen molar-refractivity contribution in [1.82, 2.24) is 0 Å². The third kappa shape index (κ3) is 2.71. The molecule has 2 aromatic rings. The number of carbonyl (C=O) groups is 1. The van der Waals surface area contributed by atoms with E-state index in [1.165, 1.54) is 5.56 Å². The molecular formula is C19H20O2. The van der Waals surface area contributed by atoms with Crippen LogP contribution in [0.25, 0.3) is 0 Å². The minimum absolute atomic E-state index is 0.0742. The standard InChI is InChI=1S/C19H20O2/c1-4-13-5-7-14(8-6-13)18(20)15-9-10-17-16(11-15)12-19(2,3)21-17/h5-11H,4,12H2,1-3H3. The molecule has 0 bridgehead atoms. The zero-order chi connectivity index (χ0) is 15.0. The Morgan fingerprint density at radius 2 is 1.76 bits per heavy atom. The number of carbonyl (C=O) groups excluding carboxylic acids is 1. The molecule has 3 rings (SSSR count). The molecule has 0 amide bonds. The molecule has 1 aliphatic rings. The summed E-state index contributed by atoms with van der Waals surface area (Å²) in [7, 11) is 0. The Kier molecular flexibility index (Phi) is 3.32. The van der Waals surface area contributed by atoms with Gasteiger partial charge in [0.15, 0.2) is 5.78 Å². The van der Waals surface area contributed by atoms with Crippen molar-refractivity contribution >= 4 is 5.78 Å². The smallest absolute Gasteiger partial charge is 0.193 e. The molecule has 0 unspecified atom stereocenters. The molecule has 0 fully saturated rings. The number of fused-ring (bicyclic) bond motifs is 1. The molecule has 0 N–H and O–H groups in total. The number of benzene rings is 2. The third-order valence-electron chi connectivity index (χ3n) is 3.95. The van der Waals surface area contributed by atoms with E-state index in [-0.39, 0.29) is 11.4 Å². The van der Waals surface area contributed by atoms with Crippen molar-refractivity contribution in [2.24, 2.45) is 0 Å². The van der Waals surface area contributed by atoms with Crippen molar-refractivity contribution < 1.29 is 9.53 Å². The molecule has 1 heterocycles. The Hall–Kier alpha value is -2.09. The Morgan fingerprint density at radius 3 is 2.43 bits per heavy atom. The third-order valence-corrected chi connectivity index (χ3v) is 3.95. The Balaban J connectivity index is 1.89. The summed E-state index contributed by atoms with van der Waals surface area (Å²) in [5, 5.41) is 0. The van der Waals surface area contributed by atoms with E-state index in [1.54, 1.807) is 0 Å². The van der Waals surface area contributed by atoms with Crippen LogP contribution >= 0.6 is 0 Å². The zero-order valence-corrected chi connectivity index (χ0v) is 12.8. The minimum Gasteiger partial charge on any atom is -0.487 e. The lowest BCUT2D eigenvalue weighted by molar-refractivity contribution is 0.103. The van der Waals surface area contributed by atoms with Gasteiger partial charge in [0.1, 0.15) is 11.4 Å². The SMILES string of the molecule is CCc1ccc(C(=O)c2ccc3c(c2)CC(C)(C)O3)cc1. The van der Waals surface area contributed by atoms with Crippen LogP contribution in [0.5, 0.6) is 5.75 Å². The van der Waals surface area contributed by atoms with Crippen LogP contribution in [0.4, 0.5) is 0 Å². The van der Waals surface area contributed by atoms with Gasteiger partial charge in [0.05, 0.1) is 0 Å². The van der Waals surface area contributed by atoms with E-state index in [0.717, 1.165) is 35.3 Å². The van der Waals surface area contributed by atoms with Gasteiger partial charge in [0.25, 0.3) is 0 Å². The number of hydrogen-bond donors (Lipinski definition) is 0. The predicted octanol–water partition coefficient (Wildman–Crippen LogP) is 4.19. The normalized spacial score (nSPS) is 15.4. The first kappa shape index (κ1) is 13.9. The lowest BCUT2D eigenvalue weighted by atomic mass is 9.96. The van der Waals surface area contributed by atoms with Crippen molar-refractivity contribution in [3.63, 3.8) is 0 Å². The summed E-state index contributed by atoms with van der Waals surface area (Å²) < 4.78 is 5.85. The van der Waals surface area contributed by atoms with Crippen LogP contribution in [0.1, 0.15) is 47.8 Å². The summed E-state index contributed by atoms with van der Waals surface area (Å²) in [5.74, 6) is 0.975. The minimum atomic E-state index is -0.174. The number of ether oxygens (including phenoxy) is 1. The molecule has 0 radical (unpaired) electrons. The van der Waals surface area contributed by atoms with Gasteiger partial charge in [-0.25, -0.2) is 0 Å². The van der Waals surface area contributed by atoms with E-state index in [1.807, 2.05) is 42.5 Å². The van der Waals surface area contributed by atoms with Crippen LogP contribution in [0.15, 0.2) is 42.5 Å². The van der Waals surface area contributed by atoms with Gasteiger partial charge < -0.3 is 4.74 Å². The lowest BCUT2D eigenvalue weighted by Gasteiger charge is -2.16. The highest BCUT2D eigenvalue weighted by molar-refractivity contribution is 6.09. The highest BCUT2D eigenvalue weighted by Crippen LogP contribution is 2.35. The summed E-state index contributed by atoms with van der Waals surface area (Å²) in [5.41, 5.74) is 3.67. The molecule has 0 spiro atoms. The number of ketones is 1. The number of aryl methyl sites for hydroxylation is 1. The maximum Gasteiger partial charge on any atom is 0.193 e. The Morgan fingerprint density at radius 1 is 1.10 bits per heavy atom. The fourth-order valence-electron chi connectivity index (χ4n) is 2.81. The van der Waals surface area contributed by atoms with Gasteiger partial charge in [-0.2, -0.15) is 0 Å². The molecule has 0 aliphatic carbocycles. The average molecular weight is 280 g/mol. The van der Waals surface area contributed by atoms with Gasteiger partial charge in [-0.3, -0.25) is 4.79 Å². The fraction of sp³-hybridized carbons (Fsp3) is 0.316. The molecule has 2 aromatic carbocycles. The van der Waals surface area contributed by atoms with E-state index < -0.39 is 0 Å². The lowest BCUT2D eigenvalue weighted by Crippen LogP contribution is -2.24. The molecule has 0 atom stereocenters. The first-order valence-electron chi connectivity index (χ1n) is 7.44. The van der Waals surface area contributed by atoms with Crippen LogP contribution in [0.2, 0.25) is 0 Å². The van der Waals surface area contributed by atoms with Crippen LogP contribution in [-0.2, 0) is 12.8 Å². The molecule has 2 nitrogen and oxygen atoms in total. The maximum absolute atomic E-state index is 12.6. The van der Waals surface area contributed by atoms with Gasteiger partial charge >= 0.3 is 0 Å². The van der Waals surface area contributed by atoms with Gasteiger partial charge in [-0.1, -0.05) is 31.2 Å². The quantitative estimate of drug-likeness (QED) is 0.788. The summed E-state index contributed by atoms with van der Waals surface area (Å²) >= 11 is 0. The van der Waals surface area contributed by atoms with Gasteiger partial charge in [-0.15, -0.1) is 0 Å². The van der Waals surface area contributed by atoms with Crippen LogP contribution in [0, 0.1) is 0 Å². The van der Waals surface area contributed by atoms with Crippen LogP contribution in [0.3, 0.4) is 0 Å². The van der Waals surface area contributed by atoms with E-state index in [2.05, 4.69) is 20.8 Å². The van der Waals surface area contributed by atoms with Gasteiger partial charge in [0, 0.05) is 17.5 Å². The Bertz CT molecular complexity index is 681. The topological polar surface area (TPSA) is 26.3 Å². The summed E-state index contributed by atoms with van der Waals surface area (Å²) in [6.45, 7) is 6.25. The zero-order valence-electron chi connectivity index (χ0n) is 12.8. The maximum atomic E-state index is 12.6. The first-order chi connectivity index (χ1) is 9.98. The molecular weight excluding hydrogens is 260 g/mol. The molecule has 21 heavy (non-hydrogen) atoms. The van der Waals surface area contributed by atoms with Gasteiger partial charge in [-0.05, 0) is 49.6 Å². The van der Waals surface area contributed by atoms with E-state index >= 15 is 0 Å². The van der Waals surface area contributed by atoms with E-state index in [4.69, 9.17) is 4.74 Å². The van der Waals surface area contributed by atoms with E-state index in [0.29, 0.717) is 0 Å². The second kappa shape index (κ2) is 5.03. The first-order valence-corrected chi connectivity index (χ1v) is 7.44. The van der Waals surface area contributed by atoms with Crippen LogP contribution < -0.4 is 4.74 Å². The predicted molar refractivity (Wildman–Crippen MR) is 84.1 cm³/mol. The fourth-order valence-corrected chi connectivity index (χ4v) is 2.81. The molecule has 1 aliphatic heterocycles.